The number of nitrogens with one attached hydrogen (secondary N) is 1. The van der Waals surface area contributed by atoms with Gasteiger partial charge in [0.25, 0.3) is 5.91 Å². The first-order chi connectivity index (χ1) is 12.6. The molecule has 0 aliphatic carbocycles. The maximum Gasteiger partial charge on any atom is 0.260 e. The molecule has 1 aromatic heterocycles. The molecule has 3 rings (SSSR count). The van der Waals surface area contributed by atoms with Gasteiger partial charge in [-0.2, -0.15) is 5.10 Å². The number of methoxy groups -OCH3 is 2. The van der Waals surface area contributed by atoms with Crippen molar-refractivity contribution < 1.29 is 14.3 Å². The molecule has 1 N–H and O–H groups in total. The molecule has 2 aromatic carbocycles. The van der Waals surface area contributed by atoms with Crippen molar-refractivity contribution in [3.05, 3.63) is 71.4 Å². The number of carbonyl (C=O) groups is 1. The molecule has 26 heavy (non-hydrogen) atoms. The summed E-state index contributed by atoms with van der Waals surface area (Å²) in [7, 11) is 3.08. The average molecular weight is 351 g/mol. The number of aryl methyl sites for hydroxylation is 1. The predicted octanol–water partition coefficient (Wildman–Crippen LogP) is 3.51. The third-order valence-corrected chi connectivity index (χ3v) is 4.05. The van der Waals surface area contributed by atoms with Gasteiger partial charge in [0.15, 0.2) is 5.82 Å². The molecule has 0 fully saturated rings. The molecule has 0 aliphatic rings. The average Bonchev–Trinajstić information content (AvgIpc) is 3.00. The monoisotopic (exact) mass is 351 g/mol. The number of benzene rings is 2. The molecule has 0 saturated carbocycles. The molecule has 6 nitrogen and oxygen atoms in total. The Bertz CT molecular complexity index is 904. The number of amides is 1. The summed E-state index contributed by atoms with van der Waals surface area (Å²) < 4.78 is 12.3. The smallest absolute Gasteiger partial charge is 0.260 e. The van der Waals surface area contributed by atoms with Gasteiger partial charge >= 0.3 is 0 Å². The van der Waals surface area contributed by atoms with Gasteiger partial charge in [0.2, 0.25) is 0 Å². The quantitative estimate of drug-likeness (QED) is 0.738. The van der Waals surface area contributed by atoms with E-state index in [4.69, 9.17) is 9.47 Å². The summed E-state index contributed by atoms with van der Waals surface area (Å²) >= 11 is 0. The molecule has 0 aliphatic heterocycles. The Morgan fingerprint density at radius 3 is 2.54 bits per heavy atom. The lowest BCUT2D eigenvalue weighted by atomic mass is 10.1. The van der Waals surface area contributed by atoms with Gasteiger partial charge < -0.3 is 14.8 Å². The van der Waals surface area contributed by atoms with E-state index in [1.165, 1.54) is 7.11 Å². The lowest BCUT2D eigenvalue weighted by molar-refractivity contribution is 0.102. The summed E-state index contributed by atoms with van der Waals surface area (Å²) in [5.74, 6) is 1.29. The first-order valence-corrected chi connectivity index (χ1v) is 8.22. The van der Waals surface area contributed by atoms with Crippen molar-refractivity contribution in [2.45, 2.75) is 13.5 Å². The largest absolute Gasteiger partial charge is 0.497 e. The van der Waals surface area contributed by atoms with Crippen LogP contribution in [0.15, 0.2) is 54.6 Å². The van der Waals surface area contributed by atoms with E-state index in [0.717, 1.165) is 11.3 Å². The van der Waals surface area contributed by atoms with E-state index in [-0.39, 0.29) is 5.91 Å². The molecule has 0 spiro atoms. The molecule has 134 valence electrons. The summed E-state index contributed by atoms with van der Waals surface area (Å²) in [6, 6.07) is 17.0. The second kappa shape index (κ2) is 7.74. The van der Waals surface area contributed by atoms with Gasteiger partial charge in [-0.1, -0.05) is 30.3 Å². The molecule has 0 radical (unpaired) electrons. The Morgan fingerprint density at radius 2 is 1.85 bits per heavy atom. The zero-order valence-electron chi connectivity index (χ0n) is 15.0. The number of ether oxygens (including phenoxy) is 2. The fourth-order valence-electron chi connectivity index (χ4n) is 2.66. The van der Waals surface area contributed by atoms with Crippen molar-refractivity contribution >= 4 is 11.7 Å². The van der Waals surface area contributed by atoms with Crippen LogP contribution in [0.4, 0.5) is 5.82 Å². The zero-order valence-corrected chi connectivity index (χ0v) is 15.0. The Labute approximate surface area is 152 Å². The fourth-order valence-corrected chi connectivity index (χ4v) is 2.66. The van der Waals surface area contributed by atoms with E-state index in [1.54, 1.807) is 25.3 Å². The Balaban J connectivity index is 1.77. The van der Waals surface area contributed by atoms with Gasteiger partial charge in [0.05, 0.1) is 26.3 Å². The van der Waals surface area contributed by atoms with Crippen LogP contribution >= 0.6 is 0 Å². The van der Waals surface area contributed by atoms with Gasteiger partial charge in [-0.15, -0.1) is 0 Å². The van der Waals surface area contributed by atoms with Gasteiger partial charge in [0, 0.05) is 17.8 Å². The molecule has 0 bridgehead atoms. The second-order valence-electron chi connectivity index (χ2n) is 5.83. The number of anilines is 1. The normalized spacial score (nSPS) is 10.4. The lowest BCUT2D eigenvalue weighted by Crippen LogP contribution is -2.14. The summed E-state index contributed by atoms with van der Waals surface area (Å²) in [6.45, 7) is 2.61. The number of hydrogen-bond donors (Lipinski definition) is 1. The van der Waals surface area contributed by atoms with Gasteiger partial charge in [-0.05, 0) is 24.6 Å². The molecule has 3 aromatic rings. The van der Waals surface area contributed by atoms with Crippen molar-refractivity contribution in [2.24, 2.45) is 0 Å². The van der Waals surface area contributed by atoms with Gasteiger partial charge in [0.1, 0.15) is 11.5 Å². The number of nitrogens with zero attached hydrogens (tertiary/aromatic N) is 2. The lowest BCUT2D eigenvalue weighted by Gasteiger charge is -2.09. The Hall–Kier alpha value is -3.28. The minimum Gasteiger partial charge on any atom is -0.497 e. The molecule has 0 unspecified atom stereocenters. The van der Waals surface area contributed by atoms with Crippen molar-refractivity contribution in [3.63, 3.8) is 0 Å². The zero-order chi connectivity index (χ0) is 18.5. The first kappa shape index (κ1) is 17.5. The van der Waals surface area contributed by atoms with Crippen LogP contribution in [-0.2, 0) is 6.54 Å². The third-order valence-electron chi connectivity index (χ3n) is 4.05. The molecule has 0 saturated heterocycles. The topological polar surface area (TPSA) is 65.4 Å². The van der Waals surface area contributed by atoms with Crippen LogP contribution in [0.3, 0.4) is 0 Å². The standard InChI is InChI=1S/C20H21N3O3/c1-14-11-19(22-23(14)13-15-7-5-4-6-8-15)21-20(24)17-10-9-16(25-2)12-18(17)26-3/h4-12H,13H2,1-3H3,(H,21,22,24). The van der Waals surface area contributed by atoms with Crippen LogP contribution in [0.25, 0.3) is 0 Å². The predicted molar refractivity (Wildman–Crippen MR) is 100 cm³/mol. The van der Waals surface area contributed by atoms with E-state index in [9.17, 15) is 4.79 Å². The highest BCUT2D eigenvalue weighted by Crippen LogP contribution is 2.25. The molecule has 1 amide bonds. The van der Waals surface area contributed by atoms with Crippen LogP contribution in [0.2, 0.25) is 0 Å². The fraction of sp³-hybridized carbons (Fsp3) is 0.200. The van der Waals surface area contributed by atoms with Crippen LogP contribution in [0, 0.1) is 6.92 Å². The summed E-state index contributed by atoms with van der Waals surface area (Å²) in [6.07, 6.45) is 0. The van der Waals surface area contributed by atoms with E-state index in [2.05, 4.69) is 10.4 Å². The van der Waals surface area contributed by atoms with Crippen molar-refractivity contribution in [2.75, 3.05) is 19.5 Å². The highest BCUT2D eigenvalue weighted by atomic mass is 16.5. The molecule has 0 atom stereocenters. The number of rotatable bonds is 6. The summed E-state index contributed by atoms with van der Waals surface area (Å²) in [5.41, 5.74) is 2.53. The Morgan fingerprint density at radius 1 is 1.08 bits per heavy atom. The van der Waals surface area contributed by atoms with Crippen molar-refractivity contribution in [1.29, 1.82) is 0 Å². The number of aromatic nitrogens is 2. The van der Waals surface area contributed by atoms with Crippen LogP contribution in [0.5, 0.6) is 11.5 Å². The minimum absolute atomic E-state index is 0.283. The molecule has 6 heteroatoms. The second-order valence-corrected chi connectivity index (χ2v) is 5.83. The highest BCUT2D eigenvalue weighted by molar-refractivity contribution is 6.05. The summed E-state index contributed by atoms with van der Waals surface area (Å²) in [4.78, 5) is 12.6. The number of hydrogen-bond acceptors (Lipinski definition) is 4. The number of carbonyl (C=O) groups excluding carboxylic acids is 1. The van der Waals surface area contributed by atoms with Crippen molar-refractivity contribution in [3.8, 4) is 11.5 Å². The van der Waals surface area contributed by atoms with Gasteiger partial charge in [-0.25, -0.2) is 0 Å². The van der Waals surface area contributed by atoms with E-state index >= 15 is 0 Å². The SMILES string of the molecule is COc1ccc(C(=O)Nc2cc(C)n(Cc3ccccc3)n2)c(OC)c1. The van der Waals surface area contributed by atoms with E-state index in [0.29, 0.717) is 29.4 Å². The maximum atomic E-state index is 12.6. The third kappa shape index (κ3) is 3.85. The molecular weight excluding hydrogens is 330 g/mol. The minimum atomic E-state index is -0.283. The van der Waals surface area contributed by atoms with E-state index in [1.807, 2.05) is 48.0 Å². The van der Waals surface area contributed by atoms with Crippen LogP contribution in [-0.4, -0.2) is 29.9 Å². The van der Waals surface area contributed by atoms with E-state index < -0.39 is 0 Å². The first-order valence-electron chi connectivity index (χ1n) is 8.22. The maximum absolute atomic E-state index is 12.6. The van der Waals surface area contributed by atoms with Crippen LogP contribution < -0.4 is 14.8 Å². The highest BCUT2D eigenvalue weighted by Gasteiger charge is 2.15. The van der Waals surface area contributed by atoms with Gasteiger partial charge in [-0.3, -0.25) is 9.48 Å². The molecular formula is C20H21N3O3. The summed E-state index contributed by atoms with van der Waals surface area (Å²) in [5, 5.41) is 7.30. The Kier molecular flexibility index (Phi) is 5.22. The van der Waals surface area contributed by atoms with Crippen LogP contribution in [0.1, 0.15) is 21.6 Å². The van der Waals surface area contributed by atoms with Crippen molar-refractivity contribution in [1.82, 2.24) is 9.78 Å². The molecule has 1 heterocycles.